The summed E-state index contributed by atoms with van der Waals surface area (Å²) >= 11 is 7.16. The number of amides is 2. The van der Waals surface area contributed by atoms with Gasteiger partial charge in [-0.1, -0.05) is 60.1 Å². The lowest BCUT2D eigenvalue weighted by Gasteiger charge is -2.13. The number of anilines is 1. The third-order valence-electron chi connectivity index (χ3n) is 5.55. The molecule has 1 fully saturated rings. The molecular weight excluding hydrogens is 468 g/mol. The number of ether oxygens (including phenoxy) is 1. The first kappa shape index (κ1) is 22.3. The Morgan fingerprint density at radius 1 is 0.912 bits per heavy atom. The minimum absolute atomic E-state index is 0.355. The van der Waals surface area contributed by atoms with Crippen molar-refractivity contribution in [2.45, 2.75) is 13.0 Å². The molecule has 1 aromatic heterocycles. The molecule has 0 aliphatic carbocycles. The number of nitrogens with zero attached hydrogens (tertiary/aromatic N) is 2. The zero-order valence-corrected chi connectivity index (χ0v) is 19.8. The van der Waals surface area contributed by atoms with E-state index in [0.29, 0.717) is 22.2 Å². The van der Waals surface area contributed by atoms with Crippen LogP contribution in [0.15, 0.2) is 90.0 Å². The Kier molecular flexibility index (Phi) is 6.43. The lowest BCUT2D eigenvalue weighted by molar-refractivity contribution is -0.113. The zero-order chi connectivity index (χ0) is 23.5. The number of aryl methyl sites for hydroxylation is 1. The van der Waals surface area contributed by atoms with Crippen LogP contribution in [0.5, 0.6) is 5.75 Å². The van der Waals surface area contributed by atoms with E-state index in [1.165, 1.54) is 0 Å². The smallest absolute Gasteiger partial charge is 0.298 e. The number of fused-ring (bicyclic) bond motifs is 1. The molecule has 0 radical (unpaired) electrons. The van der Waals surface area contributed by atoms with E-state index >= 15 is 0 Å². The van der Waals surface area contributed by atoms with Gasteiger partial charge in [-0.3, -0.25) is 9.59 Å². The minimum atomic E-state index is -0.365. The molecule has 5 nitrogen and oxygen atoms in total. The highest BCUT2D eigenvalue weighted by Gasteiger charge is 2.37. The number of halogens is 1. The predicted molar refractivity (Wildman–Crippen MR) is 138 cm³/mol. The van der Waals surface area contributed by atoms with Crippen LogP contribution < -0.4 is 9.64 Å². The van der Waals surface area contributed by atoms with Crippen LogP contribution in [0.4, 0.5) is 10.5 Å². The molecule has 170 valence electrons. The molecule has 1 aliphatic rings. The molecule has 7 heteroatoms. The number of carbonyl (C=O) groups is 2. The van der Waals surface area contributed by atoms with E-state index in [-0.39, 0.29) is 11.1 Å². The predicted octanol–water partition coefficient (Wildman–Crippen LogP) is 7.00. The molecule has 1 aliphatic heterocycles. The summed E-state index contributed by atoms with van der Waals surface area (Å²) in [4.78, 5) is 27.3. The molecule has 0 spiro atoms. The highest BCUT2D eigenvalue weighted by atomic mass is 35.5. The Balaban J connectivity index is 1.37. The Morgan fingerprint density at radius 2 is 1.65 bits per heavy atom. The van der Waals surface area contributed by atoms with E-state index in [1.54, 1.807) is 30.3 Å². The van der Waals surface area contributed by atoms with Gasteiger partial charge in [0.15, 0.2) is 0 Å². The summed E-state index contributed by atoms with van der Waals surface area (Å²) in [5.41, 5.74) is 2.36. The molecule has 1 saturated heterocycles. The molecule has 0 N–H and O–H groups in total. The van der Waals surface area contributed by atoms with Gasteiger partial charge in [-0.05, 0) is 54.6 Å². The van der Waals surface area contributed by atoms with Crippen LogP contribution in [0, 0.1) is 0 Å². The highest BCUT2D eigenvalue weighted by Crippen LogP contribution is 2.39. The second-order valence-corrected chi connectivity index (χ2v) is 9.18. The van der Waals surface area contributed by atoms with Gasteiger partial charge in [0.1, 0.15) is 5.75 Å². The highest BCUT2D eigenvalue weighted by molar-refractivity contribution is 8.19. The fraction of sp³-hybridized carbons (Fsp3) is 0.111. The van der Waals surface area contributed by atoms with Crippen LogP contribution in [0.2, 0.25) is 5.02 Å². The maximum Gasteiger partial charge on any atom is 0.298 e. The molecule has 2 amide bonds. The van der Waals surface area contributed by atoms with E-state index < -0.39 is 0 Å². The van der Waals surface area contributed by atoms with Crippen molar-refractivity contribution in [1.29, 1.82) is 0 Å². The minimum Gasteiger partial charge on any atom is -0.494 e. The van der Waals surface area contributed by atoms with Crippen molar-refractivity contribution < 1.29 is 14.3 Å². The molecule has 0 unspecified atom stereocenters. The lowest BCUT2D eigenvalue weighted by atomic mass is 10.1. The largest absolute Gasteiger partial charge is 0.494 e. The van der Waals surface area contributed by atoms with Gasteiger partial charge in [0, 0.05) is 29.2 Å². The normalized spacial score (nSPS) is 15.0. The van der Waals surface area contributed by atoms with Gasteiger partial charge in [-0.2, -0.15) is 0 Å². The molecule has 0 atom stereocenters. The quantitative estimate of drug-likeness (QED) is 0.207. The number of benzene rings is 3. The van der Waals surface area contributed by atoms with E-state index in [2.05, 4.69) is 10.6 Å². The first-order chi connectivity index (χ1) is 16.6. The molecule has 5 rings (SSSR count). The second-order valence-electron chi connectivity index (χ2n) is 7.78. The van der Waals surface area contributed by atoms with Crippen molar-refractivity contribution in [1.82, 2.24) is 4.57 Å². The van der Waals surface area contributed by atoms with Crippen molar-refractivity contribution >= 4 is 57.2 Å². The van der Waals surface area contributed by atoms with Crippen LogP contribution in [0.1, 0.15) is 12.0 Å². The first-order valence-electron chi connectivity index (χ1n) is 10.9. The van der Waals surface area contributed by atoms with E-state index in [9.17, 15) is 9.59 Å². The number of thioether (sulfide) groups is 1. The number of hydrogen-bond donors (Lipinski definition) is 0. The standard InChI is InChI=1S/C27H21ClN2O3S/c28-22-12-5-7-14-24(22)30-26(31)25(34-27(30)32)17-19-18-29(23-13-6-4-11-21(19)23)15-8-16-33-20-9-2-1-3-10-20/h1-7,9-14,17-18H,8,15-16H2/b25-17-. The Bertz CT molecular complexity index is 1400. The van der Waals surface area contributed by atoms with Crippen LogP contribution in [-0.2, 0) is 11.3 Å². The van der Waals surface area contributed by atoms with Gasteiger partial charge >= 0.3 is 0 Å². The summed E-state index contributed by atoms with van der Waals surface area (Å²) in [7, 11) is 0. The molecule has 3 aromatic carbocycles. The van der Waals surface area contributed by atoms with Crippen LogP contribution >= 0.6 is 23.4 Å². The summed E-state index contributed by atoms with van der Waals surface area (Å²) in [5, 5.41) is 1.03. The van der Waals surface area contributed by atoms with E-state index in [0.717, 1.165) is 51.8 Å². The molecule has 2 heterocycles. The van der Waals surface area contributed by atoms with Crippen molar-refractivity contribution in [2.75, 3.05) is 11.5 Å². The van der Waals surface area contributed by atoms with Gasteiger partial charge in [0.2, 0.25) is 0 Å². The van der Waals surface area contributed by atoms with E-state index in [4.69, 9.17) is 16.3 Å². The Labute approximate surface area is 206 Å². The Morgan fingerprint density at radius 3 is 2.47 bits per heavy atom. The average molecular weight is 489 g/mol. The van der Waals surface area contributed by atoms with Gasteiger partial charge in [-0.25, -0.2) is 4.90 Å². The van der Waals surface area contributed by atoms with Crippen LogP contribution in [-0.4, -0.2) is 22.3 Å². The summed E-state index contributed by atoms with van der Waals surface area (Å²) in [5.74, 6) is 0.492. The van der Waals surface area contributed by atoms with E-state index in [1.807, 2.05) is 54.7 Å². The zero-order valence-electron chi connectivity index (χ0n) is 18.2. The molecule has 4 aromatic rings. The maximum absolute atomic E-state index is 13.1. The van der Waals surface area contributed by atoms with Crippen molar-refractivity contribution in [3.05, 3.63) is 101 Å². The van der Waals surface area contributed by atoms with Gasteiger partial charge < -0.3 is 9.30 Å². The number of aromatic nitrogens is 1. The van der Waals surface area contributed by atoms with Crippen LogP contribution in [0.25, 0.3) is 17.0 Å². The van der Waals surface area contributed by atoms with Gasteiger partial charge in [0.25, 0.3) is 11.1 Å². The summed E-state index contributed by atoms with van der Waals surface area (Å²) in [6, 6.07) is 24.7. The molecule has 0 saturated carbocycles. The van der Waals surface area contributed by atoms with Gasteiger partial charge in [-0.15, -0.1) is 0 Å². The summed E-state index contributed by atoms with van der Waals surface area (Å²) in [6.07, 6.45) is 4.65. The van der Waals surface area contributed by atoms with Crippen molar-refractivity contribution in [3.63, 3.8) is 0 Å². The summed E-state index contributed by atoms with van der Waals surface area (Å²) < 4.78 is 7.98. The van der Waals surface area contributed by atoms with Crippen molar-refractivity contribution in [2.24, 2.45) is 0 Å². The number of hydrogen-bond acceptors (Lipinski definition) is 4. The molecular formula is C27H21ClN2O3S. The number of imide groups is 1. The average Bonchev–Trinajstić information content (AvgIpc) is 3.34. The first-order valence-corrected chi connectivity index (χ1v) is 12.1. The van der Waals surface area contributed by atoms with Crippen LogP contribution in [0.3, 0.4) is 0 Å². The Hall–Kier alpha value is -3.48. The molecule has 0 bridgehead atoms. The fourth-order valence-electron chi connectivity index (χ4n) is 3.97. The topological polar surface area (TPSA) is 51.5 Å². The monoisotopic (exact) mass is 488 g/mol. The maximum atomic E-state index is 13.1. The second kappa shape index (κ2) is 9.79. The third kappa shape index (κ3) is 4.47. The SMILES string of the molecule is O=C1S/C(=C\c2cn(CCCOc3ccccc3)c3ccccc23)C(=O)N1c1ccccc1Cl. The van der Waals surface area contributed by atoms with Crippen molar-refractivity contribution in [3.8, 4) is 5.75 Å². The number of rotatable bonds is 7. The lowest BCUT2D eigenvalue weighted by Crippen LogP contribution is -2.27. The summed E-state index contributed by atoms with van der Waals surface area (Å²) in [6.45, 7) is 1.37. The molecule has 34 heavy (non-hydrogen) atoms. The van der Waals surface area contributed by atoms with Gasteiger partial charge in [0.05, 0.1) is 22.2 Å². The fourth-order valence-corrected chi connectivity index (χ4v) is 5.01. The third-order valence-corrected chi connectivity index (χ3v) is 6.74. The number of para-hydroxylation sites is 3. The number of carbonyl (C=O) groups excluding carboxylic acids is 2.